The number of H-pyrrole nitrogens is 1. The van der Waals surface area contributed by atoms with E-state index in [0.29, 0.717) is 11.4 Å². The van der Waals surface area contributed by atoms with Gasteiger partial charge >= 0.3 is 5.97 Å². The maximum atomic E-state index is 10.5. The van der Waals surface area contributed by atoms with Crippen LogP contribution in [0.3, 0.4) is 0 Å². The van der Waals surface area contributed by atoms with Crippen molar-refractivity contribution in [2.75, 3.05) is 0 Å². The second kappa shape index (κ2) is 4.62. The second-order valence-corrected chi connectivity index (χ2v) is 3.48. The summed E-state index contributed by atoms with van der Waals surface area (Å²) in [5.74, 6) is -0.474. The summed E-state index contributed by atoms with van der Waals surface area (Å²) < 4.78 is 0. The van der Waals surface area contributed by atoms with Crippen LogP contribution in [0.1, 0.15) is 5.82 Å². The molecule has 0 aliphatic heterocycles. The molecule has 0 fully saturated rings. The van der Waals surface area contributed by atoms with Crippen molar-refractivity contribution in [1.29, 1.82) is 0 Å². The smallest absolute Gasteiger partial charge is 0.311 e. The molecule has 0 saturated carbocycles. The van der Waals surface area contributed by atoms with Crippen LogP contribution in [0, 0.1) is 10.1 Å². The molecule has 2 aromatic rings. The maximum Gasteiger partial charge on any atom is 0.311 e. The van der Waals surface area contributed by atoms with Gasteiger partial charge in [0.05, 0.1) is 4.92 Å². The largest absolute Gasteiger partial charge is 0.481 e. The lowest BCUT2D eigenvalue weighted by atomic mass is 10.2. The van der Waals surface area contributed by atoms with Crippen LogP contribution in [0.4, 0.5) is 5.69 Å². The average Bonchev–Trinajstić information content (AvgIpc) is 2.76. The van der Waals surface area contributed by atoms with E-state index in [1.165, 1.54) is 24.3 Å². The van der Waals surface area contributed by atoms with E-state index < -0.39 is 10.9 Å². The Morgan fingerprint density at radius 3 is 2.61 bits per heavy atom. The van der Waals surface area contributed by atoms with Crippen molar-refractivity contribution in [3.05, 3.63) is 40.2 Å². The third kappa shape index (κ3) is 2.48. The van der Waals surface area contributed by atoms with Gasteiger partial charge in [-0.15, -0.1) is 0 Å². The Morgan fingerprint density at radius 2 is 2.06 bits per heavy atom. The molecule has 8 nitrogen and oxygen atoms in total. The van der Waals surface area contributed by atoms with Crippen LogP contribution in [0.15, 0.2) is 24.3 Å². The molecule has 2 rings (SSSR count). The highest BCUT2D eigenvalue weighted by atomic mass is 16.6. The van der Waals surface area contributed by atoms with E-state index >= 15 is 0 Å². The Bertz CT molecular complexity index is 590. The fourth-order valence-corrected chi connectivity index (χ4v) is 1.38. The number of carboxylic acids is 1. The first-order valence-corrected chi connectivity index (χ1v) is 4.94. The molecule has 1 aromatic heterocycles. The van der Waals surface area contributed by atoms with Crippen LogP contribution >= 0.6 is 0 Å². The first-order valence-electron chi connectivity index (χ1n) is 4.94. The van der Waals surface area contributed by atoms with E-state index in [2.05, 4.69) is 15.2 Å². The van der Waals surface area contributed by atoms with Crippen LogP contribution in [0.25, 0.3) is 11.4 Å². The zero-order valence-corrected chi connectivity index (χ0v) is 9.03. The van der Waals surface area contributed by atoms with Crippen molar-refractivity contribution in [1.82, 2.24) is 15.2 Å². The van der Waals surface area contributed by atoms with Gasteiger partial charge in [0.2, 0.25) is 0 Å². The summed E-state index contributed by atoms with van der Waals surface area (Å²) in [6, 6.07) is 5.68. The van der Waals surface area contributed by atoms with Crippen molar-refractivity contribution in [2.45, 2.75) is 6.42 Å². The van der Waals surface area contributed by atoms with Gasteiger partial charge in [-0.2, -0.15) is 5.10 Å². The van der Waals surface area contributed by atoms with E-state index in [9.17, 15) is 14.9 Å². The quantitative estimate of drug-likeness (QED) is 0.614. The number of carbonyl (C=O) groups is 1. The lowest BCUT2D eigenvalue weighted by Gasteiger charge is -1.94. The zero-order valence-electron chi connectivity index (χ0n) is 9.03. The molecule has 18 heavy (non-hydrogen) atoms. The van der Waals surface area contributed by atoms with Crippen molar-refractivity contribution >= 4 is 11.7 Å². The second-order valence-electron chi connectivity index (χ2n) is 3.48. The molecule has 0 saturated heterocycles. The number of rotatable bonds is 4. The van der Waals surface area contributed by atoms with E-state index in [1.807, 2.05) is 0 Å². The summed E-state index contributed by atoms with van der Waals surface area (Å²) in [7, 11) is 0. The minimum Gasteiger partial charge on any atom is -0.481 e. The van der Waals surface area contributed by atoms with E-state index in [1.54, 1.807) is 0 Å². The number of nitro benzene ring substituents is 1. The molecular formula is C10H8N4O4. The normalized spacial score (nSPS) is 10.2. The van der Waals surface area contributed by atoms with Crippen LogP contribution in [-0.2, 0) is 11.2 Å². The Morgan fingerprint density at radius 1 is 1.39 bits per heavy atom. The summed E-state index contributed by atoms with van der Waals surface area (Å²) in [6.07, 6.45) is -0.250. The predicted octanol–water partition coefficient (Wildman–Crippen LogP) is 1.01. The predicted molar refractivity (Wildman–Crippen MR) is 59.8 cm³/mol. The summed E-state index contributed by atoms with van der Waals surface area (Å²) in [5.41, 5.74) is 0.550. The number of aromatic amines is 1. The lowest BCUT2D eigenvalue weighted by molar-refractivity contribution is -0.384. The number of benzene rings is 1. The number of hydrogen-bond donors (Lipinski definition) is 2. The molecular weight excluding hydrogens is 240 g/mol. The van der Waals surface area contributed by atoms with Gasteiger partial charge in [0.15, 0.2) is 5.82 Å². The fourth-order valence-electron chi connectivity index (χ4n) is 1.38. The molecule has 0 aliphatic rings. The van der Waals surface area contributed by atoms with Crippen molar-refractivity contribution in [3.8, 4) is 11.4 Å². The van der Waals surface area contributed by atoms with E-state index in [0.717, 1.165) is 0 Å². The van der Waals surface area contributed by atoms with Gasteiger partial charge in [0.25, 0.3) is 5.69 Å². The standard InChI is InChI=1S/C10H8N4O4/c15-9(16)5-8-11-10(13-12-8)6-1-3-7(4-2-6)14(17)18/h1-4H,5H2,(H,15,16)(H,11,12,13). The highest BCUT2D eigenvalue weighted by molar-refractivity contribution is 5.69. The summed E-state index contributed by atoms with van der Waals surface area (Å²) >= 11 is 0. The lowest BCUT2D eigenvalue weighted by Crippen LogP contribution is -2.01. The summed E-state index contributed by atoms with van der Waals surface area (Å²) in [5, 5.41) is 25.4. The average molecular weight is 248 g/mol. The highest BCUT2D eigenvalue weighted by Crippen LogP contribution is 2.19. The Labute approximate surface area is 100 Å². The van der Waals surface area contributed by atoms with Crippen molar-refractivity contribution in [2.24, 2.45) is 0 Å². The monoisotopic (exact) mass is 248 g/mol. The van der Waals surface area contributed by atoms with Gasteiger partial charge in [-0.05, 0) is 12.1 Å². The number of nitrogens with one attached hydrogen (secondary N) is 1. The van der Waals surface area contributed by atoms with Gasteiger partial charge in [0, 0.05) is 17.7 Å². The third-order valence-electron chi connectivity index (χ3n) is 2.19. The minimum atomic E-state index is -1.01. The molecule has 0 bridgehead atoms. The topological polar surface area (TPSA) is 122 Å². The molecule has 1 heterocycles. The van der Waals surface area contributed by atoms with Crippen LogP contribution < -0.4 is 0 Å². The molecule has 2 N–H and O–H groups in total. The van der Waals surface area contributed by atoms with Crippen LogP contribution in [0.5, 0.6) is 0 Å². The highest BCUT2D eigenvalue weighted by Gasteiger charge is 2.10. The number of aliphatic carboxylic acids is 1. The van der Waals surface area contributed by atoms with Crippen LogP contribution in [-0.4, -0.2) is 31.2 Å². The number of nitro groups is 1. The first-order chi connectivity index (χ1) is 8.56. The molecule has 8 heteroatoms. The third-order valence-corrected chi connectivity index (χ3v) is 2.19. The van der Waals surface area contributed by atoms with Crippen LogP contribution in [0.2, 0.25) is 0 Å². The van der Waals surface area contributed by atoms with Gasteiger partial charge in [0.1, 0.15) is 12.2 Å². The molecule has 0 atom stereocenters. The molecule has 0 unspecified atom stereocenters. The number of carboxylic acid groups (broad SMARTS) is 1. The molecule has 0 radical (unpaired) electrons. The number of aromatic nitrogens is 3. The van der Waals surface area contributed by atoms with Gasteiger partial charge in [-0.3, -0.25) is 20.0 Å². The van der Waals surface area contributed by atoms with E-state index in [-0.39, 0.29) is 17.9 Å². The van der Waals surface area contributed by atoms with Gasteiger partial charge in [-0.25, -0.2) is 4.98 Å². The first kappa shape index (κ1) is 11.7. The minimum absolute atomic E-state index is 0.0277. The molecule has 0 aliphatic carbocycles. The zero-order chi connectivity index (χ0) is 13.1. The number of non-ortho nitro benzene ring substituents is 1. The summed E-state index contributed by atoms with van der Waals surface area (Å²) in [4.78, 5) is 24.4. The Hall–Kier alpha value is -2.77. The Kier molecular flexibility index (Phi) is 3.00. The number of hydrogen-bond acceptors (Lipinski definition) is 5. The van der Waals surface area contributed by atoms with Crippen molar-refractivity contribution < 1.29 is 14.8 Å². The molecule has 0 amide bonds. The van der Waals surface area contributed by atoms with Crippen molar-refractivity contribution in [3.63, 3.8) is 0 Å². The summed E-state index contributed by atoms with van der Waals surface area (Å²) in [6.45, 7) is 0. The molecule has 92 valence electrons. The Balaban J connectivity index is 2.23. The van der Waals surface area contributed by atoms with Gasteiger partial charge < -0.3 is 5.11 Å². The SMILES string of the molecule is O=C(O)Cc1nc(-c2ccc([N+](=O)[O-])cc2)n[nH]1. The molecule has 0 spiro atoms. The fraction of sp³-hybridized carbons (Fsp3) is 0.100. The molecule has 1 aromatic carbocycles. The number of nitrogens with zero attached hydrogens (tertiary/aromatic N) is 3. The van der Waals surface area contributed by atoms with E-state index in [4.69, 9.17) is 5.11 Å². The van der Waals surface area contributed by atoms with Gasteiger partial charge in [-0.1, -0.05) is 0 Å². The maximum absolute atomic E-state index is 10.5.